The zero-order chi connectivity index (χ0) is 24.9. The van der Waals surface area contributed by atoms with Crippen LogP contribution in [0.1, 0.15) is 39.2 Å². The van der Waals surface area contributed by atoms with Gasteiger partial charge in [-0.15, -0.1) is 0 Å². The Kier molecular flexibility index (Phi) is 8.80. The van der Waals surface area contributed by atoms with Gasteiger partial charge in [-0.2, -0.15) is 8.42 Å². The fourth-order valence-electron chi connectivity index (χ4n) is 3.43. The molecule has 12 heteroatoms. The molecule has 0 radical (unpaired) electrons. The second-order valence-corrected chi connectivity index (χ2v) is 10.7. The summed E-state index contributed by atoms with van der Waals surface area (Å²) in [5.41, 5.74) is -2.37. The smallest absolute Gasteiger partial charge is 0.408 e. The third-order valence-corrected chi connectivity index (χ3v) is 5.55. The molecule has 2 unspecified atom stereocenters. The maximum Gasteiger partial charge on any atom is 0.408 e. The number of carbonyl (C=O) groups excluding carboxylic acids is 1. The fraction of sp³-hybridized carbons (Fsp3) is 0.667. The van der Waals surface area contributed by atoms with Gasteiger partial charge in [0.2, 0.25) is 6.41 Å². The average Bonchev–Trinajstić information content (AvgIpc) is 2.70. The summed E-state index contributed by atoms with van der Waals surface area (Å²) in [6, 6.07) is 8.68. The Hall–Kier alpha value is -1.86. The molecule has 2 N–H and O–H groups in total. The van der Waals surface area contributed by atoms with Crippen molar-refractivity contribution in [3.63, 3.8) is 0 Å². The first-order chi connectivity index (χ1) is 15.1. The Bertz CT molecular complexity index is 894. The topological polar surface area (TPSA) is 114 Å². The number of nitrogens with zero attached hydrogens (tertiary/aromatic N) is 1. The van der Waals surface area contributed by atoms with Crippen LogP contribution in [0.15, 0.2) is 30.3 Å². The summed E-state index contributed by atoms with van der Waals surface area (Å²) in [6.45, 7) is 3.17. The molecule has 1 aromatic carbocycles. The first kappa shape index (κ1) is 27.4. The molecule has 9 nitrogen and oxygen atoms in total. The monoisotopic (exact) mass is 494 g/mol. The molecule has 0 spiro atoms. The van der Waals surface area contributed by atoms with Crippen molar-refractivity contribution in [3.8, 4) is 0 Å². The van der Waals surface area contributed by atoms with Gasteiger partial charge in [0.15, 0.2) is 0 Å². The maximum atomic E-state index is 15.4. The van der Waals surface area contributed by atoms with Gasteiger partial charge < -0.3 is 19.9 Å². The van der Waals surface area contributed by atoms with Crippen LogP contribution in [0, 0.1) is 0 Å². The number of amides is 1. The number of nitrogens with one attached hydrogen (secondary N) is 1. The predicted molar refractivity (Wildman–Crippen MR) is 116 cm³/mol. The van der Waals surface area contributed by atoms with Crippen LogP contribution in [-0.4, -0.2) is 73.9 Å². The van der Waals surface area contributed by atoms with E-state index < -0.39 is 52.8 Å². The molecular formula is C21H32F2N2O7S. The molecule has 2 rings (SSSR count). The standard InChI is InChI=1S/C21H32F2N2O7S/c1-19(2,3)32-18(27)25-12-8-11-20(14-25,21(22,23)15-31-33(4,28)29)24-17(26)30-13-16-9-6-5-7-10-16/h5-7,9-10,18,27H,8,11-15H2,1-4H3,(H,24,26). The van der Waals surface area contributed by atoms with Crippen LogP contribution < -0.4 is 5.32 Å². The minimum atomic E-state index is -4.16. The first-order valence-electron chi connectivity index (χ1n) is 10.4. The van der Waals surface area contributed by atoms with Gasteiger partial charge in [0.25, 0.3) is 16.0 Å². The minimum Gasteiger partial charge on any atom is -0.445 e. The predicted octanol–water partition coefficient (Wildman–Crippen LogP) is 2.45. The quantitative estimate of drug-likeness (QED) is 0.398. The van der Waals surface area contributed by atoms with Gasteiger partial charge in [0.1, 0.15) is 18.8 Å². The van der Waals surface area contributed by atoms with Crippen molar-refractivity contribution in [3.05, 3.63) is 35.9 Å². The van der Waals surface area contributed by atoms with Crippen molar-refractivity contribution in [1.82, 2.24) is 10.2 Å². The van der Waals surface area contributed by atoms with Crippen LogP contribution in [0.5, 0.6) is 0 Å². The van der Waals surface area contributed by atoms with Crippen molar-refractivity contribution < 1.29 is 40.8 Å². The second kappa shape index (κ2) is 10.6. The van der Waals surface area contributed by atoms with Crippen molar-refractivity contribution in [1.29, 1.82) is 0 Å². The Morgan fingerprint density at radius 2 is 1.91 bits per heavy atom. The SMILES string of the molecule is CC(C)(C)OC(O)N1CCCC(NC(=O)OCc2ccccc2)(C(F)(F)COS(C)(=O)=O)C1. The molecular weight excluding hydrogens is 462 g/mol. The number of hydrogen-bond acceptors (Lipinski definition) is 8. The van der Waals surface area contributed by atoms with Crippen LogP contribution in [0.2, 0.25) is 0 Å². The van der Waals surface area contributed by atoms with E-state index in [1.54, 1.807) is 51.1 Å². The Morgan fingerprint density at radius 3 is 2.48 bits per heavy atom. The van der Waals surface area contributed by atoms with E-state index >= 15 is 8.78 Å². The molecule has 2 atom stereocenters. The Balaban J connectivity index is 2.24. The molecule has 1 amide bonds. The van der Waals surface area contributed by atoms with E-state index in [1.165, 1.54) is 4.90 Å². The highest BCUT2D eigenvalue weighted by Crippen LogP contribution is 2.38. The number of aliphatic hydroxyl groups excluding tert-OH is 1. The molecule has 1 fully saturated rings. The number of benzene rings is 1. The van der Waals surface area contributed by atoms with Crippen LogP contribution in [0.25, 0.3) is 0 Å². The molecule has 188 valence electrons. The number of likely N-dealkylation sites (tertiary alicyclic amines) is 1. The minimum absolute atomic E-state index is 0.145. The lowest BCUT2D eigenvalue weighted by atomic mass is 9.83. The van der Waals surface area contributed by atoms with Gasteiger partial charge in [0.05, 0.1) is 11.9 Å². The molecule has 1 aromatic rings. The lowest BCUT2D eigenvalue weighted by Crippen LogP contribution is -2.70. The van der Waals surface area contributed by atoms with Crippen LogP contribution >= 0.6 is 0 Å². The van der Waals surface area contributed by atoms with E-state index in [2.05, 4.69) is 9.50 Å². The van der Waals surface area contributed by atoms with Crippen LogP contribution in [0.3, 0.4) is 0 Å². The molecule has 0 aliphatic carbocycles. The highest BCUT2D eigenvalue weighted by atomic mass is 32.2. The van der Waals surface area contributed by atoms with Crippen LogP contribution in [-0.2, 0) is 30.4 Å². The van der Waals surface area contributed by atoms with Gasteiger partial charge in [-0.1, -0.05) is 30.3 Å². The zero-order valence-corrected chi connectivity index (χ0v) is 20.0. The summed E-state index contributed by atoms with van der Waals surface area (Å²) in [7, 11) is -4.16. The number of rotatable bonds is 9. The molecule has 1 aliphatic heterocycles. The van der Waals surface area contributed by atoms with Gasteiger partial charge >= 0.3 is 6.09 Å². The van der Waals surface area contributed by atoms with Gasteiger partial charge in [-0.3, -0.25) is 9.08 Å². The molecule has 33 heavy (non-hydrogen) atoms. The third kappa shape index (κ3) is 8.45. The number of alkyl halides is 2. The summed E-state index contributed by atoms with van der Waals surface area (Å²) < 4.78 is 68.4. The third-order valence-electron chi connectivity index (χ3n) is 5.00. The lowest BCUT2D eigenvalue weighted by molar-refractivity contribution is -0.256. The van der Waals surface area contributed by atoms with Crippen LogP contribution in [0.4, 0.5) is 13.6 Å². The van der Waals surface area contributed by atoms with E-state index in [1.807, 2.05) is 0 Å². The summed E-state index contributed by atoms with van der Waals surface area (Å²) >= 11 is 0. The highest BCUT2D eigenvalue weighted by Gasteiger charge is 2.58. The Labute approximate surface area is 193 Å². The van der Waals surface area contributed by atoms with Crippen molar-refractivity contribution in [2.75, 3.05) is 26.0 Å². The summed E-state index contributed by atoms with van der Waals surface area (Å²) in [5.74, 6) is -3.82. The number of carbonyl (C=O) groups is 1. The summed E-state index contributed by atoms with van der Waals surface area (Å²) in [4.78, 5) is 13.8. The lowest BCUT2D eigenvalue weighted by Gasteiger charge is -2.48. The van der Waals surface area contributed by atoms with Gasteiger partial charge in [-0.25, -0.2) is 13.6 Å². The number of piperidine rings is 1. The largest absolute Gasteiger partial charge is 0.445 e. The summed E-state index contributed by atoms with van der Waals surface area (Å²) in [5, 5.41) is 12.7. The molecule has 0 aromatic heterocycles. The van der Waals surface area contributed by atoms with E-state index in [0.29, 0.717) is 11.8 Å². The zero-order valence-electron chi connectivity index (χ0n) is 19.2. The molecule has 1 saturated heterocycles. The number of halogens is 2. The molecule has 0 bridgehead atoms. The maximum absolute atomic E-state index is 15.4. The van der Waals surface area contributed by atoms with Gasteiger partial charge in [0, 0.05) is 13.1 Å². The first-order valence-corrected chi connectivity index (χ1v) is 12.3. The highest BCUT2D eigenvalue weighted by molar-refractivity contribution is 7.85. The molecule has 1 heterocycles. The number of ether oxygens (including phenoxy) is 2. The summed E-state index contributed by atoms with van der Waals surface area (Å²) in [6.07, 6.45) is -2.00. The number of hydrogen-bond donors (Lipinski definition) is 2. The fourth-order valence-corrected chi connectivity index (χ4v) is 3.80. The van der Waals surface area contributed by atoms with E-state index in [9.17, 15) is 18.3 Å². The van der Waals surface area contributed by atoms with Gasteiger partial charge in [-0.05, 0) is 39.2 Å². The molecule has 0 saturated carbocycles. The Morgan fingerprint density at radius 1 is 1.27 bits per heavy atom. The second-order valence-electron chi connectivity index (χ2n) is 9.07. The normalized spacial score (nSPS) is 21.4. The van der Waals surface area contributed by atoms with E-state index in [0.717, 1.165) is 0 Å². The van der Waals surface area contributed by atoms with Crippen molar-refractivity contribution in [2.24, 2.45) is 0 Å². The van der Waals surface area contributed by atoms with Crippen molar-refractivity contribution in [2.45, 2.75) is 63.7 Å². The van der Waals surface area contributed by atoms with Crippen molar-refractivity contribution >= 4 is 16.2 Å². The average molecular weight is 495 g/mol. The number of aliphatic hydroxyl groups is 1. The number of alkyl carbamates (subject to hydrolysis) is 1. The van der Waals surface area contributed by atoms with E-state index in [-0.39, 0.29) is 26.0 Å². The van der Waals surface area contributed by atoms with E-state index in [4.69, 9.17) is 9.47 Å². The molecule has 1 aliphatic rings.